The van der Waals surface area contributed by atoms with E-state index in [4.69, 9.17) is 9.47 Å². The number of nitrogens with zero attached hydrogens (tertiary/aromatic N) is 1. The van der Waals surface area contributed by atoms with Crippen LogP contribution in [0.15, 0.2) is 24.3 Å². The lowest BCUT2D eigenvalue weighted by Crippen LogP contribution is -2.36. The van der Waals surface area contributed by atoms with E-state index in [0.717, 1.165) is 32.0 Å². The third kappa shape index (κ3) is 3.95. The molecule has 1 atom stereocenters. The molecule has 1 amide bonds. The van der Waals surface area contributed by atoms with E-state index in [1.807, 2.05) is 31.2 Å². The van der Waals surface area contributed by atoms with Gasteiger partial charge in [0.15, 0.2) is 0 Å². The number of benzene rings is 1. The van der Waals surface area contributed by atoms with Crippen LogP contribution in [0.25, 0.3) is 0 Å². The minimum Gasteiger partial charge on any atom is -0.383 e. The minimum absolute atomic E-state index is 0.00594. The number of ether oxygens (including phenoxy) is 2. The highest BCUT2D eigenvalue weighted by atomic mass is 16.5. The summed E-state index contributed by atoms with van der Waals surface area (Å²) in [5.74, 6) is -0.0666. The Balaban J connectivity index is 1.95. The summed E-state index contributed by atoms with van der Waals surface area (Å²) in [5.41, 5.74) is 1.81. The highest BCUT2D eigenvalue weighted by Crippen LogP contribution is 2.16. The van der Waals surface area contributed by atoms with E-state index in [1.165, 1.54) is 0 Å². The summed E-state index contributed by atoms with van der Waals surface area (Å²) >= 11 is 0. The van der Waals surface area contributed by atoms with Crippen molar-refractivity contribution in [1.29, 1.82) is 0 Å². The van der Waals surface area contributed by atoms with Crippen LogP contribution in [0, 0.1) is 0 Å². The van der Waals surface area contributed by atoms with Gasteiger partial charge in [0.1, 0.15) is 0 Å². The van der Waals surface area contributed by atoms with Gasteiger partial charge in [-0.2, -0.15) is 0 Å². The predicted octanol–water partition coefficient (Wildman–Crippen LogP) is 1.29. The third-order valence-electron chi connectivity index (χ3n) is 3.30. The molecule has 0 spiro atoms. The van der Waals surface area contributed by atoms with Crippen molar-refractivity contribution < 1.29 is 14.3 Å². The first-order chi connectivity index (χ1) is 9.70. The fourth-order valence-electron chi connectivity index (χ4n) is 2.24. The van der Waals surface area contributed by atoms with E-state index in [9.17, 15) is 4.79 Å². The Morgan fingerprint density at radius 1 is 1.35 bits per heavy atom. The number of rotatable bonds is 5. The van der Waals surface area contributed by atoms with Crippen molar-refractivity contribution in [2.24, 2.45) is 0 Å². The van der Waals surface area contributed by atoms with E-state index in [2.05, 4.69) is 10.2 Å². The summed E-state index contributed by atoms with van der Waals surface area (Å²) < 4.78 is 10.3. The van der Waals surface area contributed by atoms with Gasteiger partial charge in [-0.15, -0.1) is 0 Å². The van der Waals surface area contributed by atoms with E-state index >= 15 is 0 Å². The van der Waals surface area contributed by atoms with Crippen LogP contribution in [0.1, 0.15) is 17.3 Å². The summed E-state index contributed by atoms with van der Waals surface area (Å²) in [5, 5.41) is 2.90. The first-order valence-electron chi connectivity index (χ1n) is 6.93. The summed E-state index contributed by atoms with van der Waals surface area (Å²) in [7, 11) is 1.62. The van der Waals surface area contributed by atoms with Crippen LogP contribution in [0.4, 0.5) is 5.69 Å². The molecule has 1 heterocycles. The van der Waals surface area contributed by atoms with Gasteiger partial charge in [0.2, 0.25) is 0 Å². The van der Waals surface area contributed by atoms with Crippen molar-refractivity contribution in [3.05, 3.63) is 29.8 Å². The molecular weight excluding hydrogens is 256 g/mol. The quantitative estimate of drug-likeness (QED) is 0.882. The van der Waals surface area contributed by atoms with Crippen molar-refractivity contribution in [2.75, 3.05) is 44.9 Å². The largest absolute Gasteiger partial charge is 0.383 e. The Morgan fingerprint density at radius 2 is 2.00 bits per heavy atom. The van der Waals surface area contributed by atoms with Gasteiger partial charge in [0.05, 0.1) is 19.8 Å². The zero-order chi connectivity index (χ0) is 14.4. The molecule has 1 saturated heterocycles. The number of carbonyl (C=O) groups excluding carboxylic acids is 1. The van der Waals surface area contributed by atoms with Crippen LogP contribution in [0.2, 0.25) is 0 Å². The fraction of sp³-hybridized carbons (Fsp3) is 0.533. The molecule has 2 rings (SSSR count). The molecule has 0 aromatic heterocycles. The van der Waals surface area contributed by atoms with Gasteiger partial charge in [0.25, 0.3) is 5.91 Å². The molecule has 5 heteroatoms. The van der Waals surface area contributed by atoms with E-state index in [0.29, 0.717) is 12.2 Å². The van der Waals surface area contributed by atoms with E-state index in [1.54, 1.807) is 7.11 Å². The molecule has 1 aliphatic heterocycles. The van der Waals surface area contributed by atoms with Crippen molar-refractivity contribution in [3.8, 4) is 0 Å². The molecule has 20 heavy (non-hydrogen) atoms. The van der Waals surface area contributed by atoms with Crippen LogP contribution in [0.3, 0.4) is 0 Å². The third-order valence-corrected chi connectivity index (χ3v) is 3.30. The van der Waals surface area contributed by atoms with E-state index < -0.39 is 0 Å². The summed E-state index contributed by atoms with van der Waals surface area (Å²) in [4.78, 5) is 14.3. The Labute approximate surface area is 119 Å². The number of nitrogens with one attached hydrogen (secondary N) is 1. The number of carbonyl (C=O) groups is 1. The Hall–Kier alpha value is -1.59. The molecule has 1 aromatic carbocycles. The first-order valence-corrected chi connectivity index (χ1v) is 6.93. The monoisotopic (exact) mass is 278 g/mol. The van der Waals surface area contributed by atoms with Gasteiger partial charge in [-0.1, -0.05) is 0 Å². The average Bonchev–Trinajstić information content (AvgIpc) is 2.48. The van der Waals surface area contributed by atoms with Crippen LogP contribution >= 0.6 is 0 Å². The maximum atomic E-state index is 12.0. The number of methoxy groups -OCH3 is 1. The molecule has 110 valence electrons. The second-order valence-corrected chi connectivity index (χ2v) is 4.98. The molecule has 0 saturated carbocycles. The van der Waals surface area contributed by atoms with Crippen molar-refractivity contribution in [1.82, 2.24) is 5.32 Å². The second kappa shape index (κ2) is 7.26. The topological polar surface area (TPSA) is 50.8 Å². The van der Waals surface area contributed by atoms with Gasteiger partial charge in [-0.3, -0.25) is 4.79 Å². The van der Waals surface area contributed by atoms with Crippen molar-refractivity contribution in [2.45, 2.75) is 13.0 Å². The van der Waals surface area contributed by atoms with Crippen LogP contribution in [-0.4, -0.2) is 52.0 Å². The second-order valence-electron chi connectivity index (χ2n) is 4.98. The Morgan fingerprint density at radius 3 is 2.60 bits per heavy atom. The number of hydrogen-bond acceptors (Lipinski definition) is 4. The zero-order valence-corrected chi connectivity index (χ0v) is 12.1. The molecule has 5 nitrogen and oxygen atoms in total. The molecule has 1 unspecified atom stereocenters. The average molecular weight is 278 g/mol. The SMILES string of the molecule is COCC(C)NC(=O)c1ccc(N2CCOCC2)cc1. The fourth-order valence-corrected chi connectivity index (χ4v) is 2.24. The minimum atomic E-state index is -0.0666. The molecule has 1 fully saturated rings. The standard InChI is InChI=1S/C15H22N2O3/c1-12(11-19-2)16-15(18)13-3-5-14(6-4-13)17-7-9-20-10-8-17/h3-6,12H,7-11H2,1-2H3,(H,16,18). The Bertz CT molecular complexity index is 427. The van der Waals surface area contributed by atoms with Crippen molar-refractivity contribution >= 4 is 11.6 Å². The highest BCUT2D eigenvalue weighted by Gasteiger charge is 2.13. The summed E-state index contributed by atoms with van der Waals surface area (Å²) in [6.45, 7) is 5.75. The zero-order valence-electron chi connectivity index (χ0n) is 12.1. The first kappa shape index (κ1) is 14.8. The molecule has 0 bridgehead atoms. The number of anilines is 1. The number of morpholine rings is 1. The van der Waals surface area contributed by atoms with Crippen molar-refractivity contribution in [3.63, 3.8) is 0 Å². The number of amides is 1. The number of hydrogen-bond donors (Lipinski definition) is 1. The van der Waals surface area contributed by atoms with Gasteiger partial charge in [-0.05, 0) is 31.2 Å². The van der Waals surface area contributed by atoms with Gasteiger partial charge < -0.3 is 19.7 Å². The molecule has 0 aliphatic carbocycles. The van der Waals surface area contributed by atoms with E-state index in [-0.39, 0.29) is 11.9 Å². The van der Waals surface area contributed by atoms with Gasteiger partial charge in [-0.25, -0.2) is 0 Å². The summed E-state index contributed by atoms with van der Waals surface area (Å²) in [6, 6.07) is 7.70. The maximum Gasteiger partial charge on any atom is 0.251 e. The lowest BCUT2D eigenvalue weighted by molar-refractivity contribution is 0.0905. The van der Waals surface area contributed by atoms with Crippen LogP contribution in [-0.2, 0) is 9.47 Å². The molecule has 0 radical (unpaired) electrons. The van der Waals surface area contributed by atoms with Crippen LogP contribution in [0.5, 0.6) is 0 Å². The summed E-state index contributed by atoms with van der Waals surface area (Å²) in [6.07, 6.45) is 0. The van der Waals surface area contributed by atoms with Gasteiger partial charge in [0, 0.05) is 37.5 Å². The van der Waals surface area contributed by atoms with Gasteiger partial charge >= 0.3 is 0 Å². The Kier molecular flexibility index (Phi) is 5.38. The smallest absolute Gasteiger partial charge is 0.251 e. The normalized spacial score (nSPS) is 16.8. The maximum absolute atomic E-state index is 12.0. The molecular formula is C15H22N2O3. The molecule has 1 aromatic rings. The molecule has 1 N–H and O–H groups in total. The highest BCUT2D eigenvalue weighted by molar-refractivity contribution is 5.94. The predicted molar refractivity (Wildman–Crippen MR) is 78.3 cm³/mol. The lowest BCUT2D eigenvalue weighted by atomic mass is 10.1. The van der Waals surface area contributed by atoms with Crippen LogP contribution < -0.4 is 10.2 Å². The molecule has 1 aliphatic rings. The lowest BCUT2D eigenvalue weighted by Gasteiger charge is -2.28.